The van der Waals surface area contributed by atoms with Crippen molar-refractivity contribution in [3.63, 3.8) is 0 Å². The van der Waals surface area contributed by atoms with Crippen molar-refractivity contribution in [2.75, 3.05) is 31.3 Å². The van der Waals surface area contributed by atoms with Gasteiger partial charge in [0.05, 0.1) is 6.04 Å². The molecule has 0 aliphatic carbocycles. The molecule has 2 rings (SSSR count). The third kappa shape index (κ3) is 2.93. The number of sulfonamides is 1. The van der Waals surface area contributed by atoms with Gasteiger partial charge in [0.25, 0.3) is 0 Å². The number of benzene rings is 1. The van der Waals surface area contributed by atoms with E-state index in [4.69, 9.17) is 0 Å². The van der Waals surface area contributed by atoms with Gasteiger partial charge >= 0.3 is 0 Å². The van der Waals surface area contributed by atoms with Crippen molar-refractivity contribution < 1.29 is 8.42 Å². The zero-order valence-electron chi connectivity index (χ0n) is 10.3. The number of hydrogen-bond acceptors (Lipinski definition) is 3. The maximum absolute atomic E-state index is 12.1. The number of alkyl halides is 1. The van der Waals surface area contributed by atoms with Gasteiger partial charge in [-0.2, -0.15) is 4.31 Å². The van der Waals surface area contributed by atoms with Gasteiger partial charge < -0.3 is 4.90 Å². The van der Waals surface area contributed by atoms with Crippen molar-refractivity contribution in [3.8, 4) is 0 Å². The van der Waals surface area contributed by atoms with Gasteiger partial charge in [0.2, 0.25) is 10.0 Å². The zero-order valence-corrected chi connectivity index (χ0v) is 12.7. The fraction of sp³-hybridized carbons (Fsp3) is 0.500. The predicted octanol–water partition coefficient (Wildman–Crippen LogP) is 1.66. The second-order valence-electron chi connectivity index (χ2n) is 4.52. The van der Waals surface area contributed by atoms with E-state index >= 15 is 0 Å². The molecule has 1 saturated heterocycles. The molecule has 0 radical (unpaired) electrons. The Morgan fingerprint density at radius 2 is 1.94 bits per heavy atom. The molecule has 1 aromatic rings. The lowest BCUT2D eigenvalue weighted by Crippen LogP contribution is -2.49. The molecule has 0 amide bonds. The molecule has 0 spiro atoms. The molecular weight excluding hydrogens is 316 g/mol. The highest BCUT2D eigenvalue weighted by molar-refractivity contribution is 9.10. The molecule has 1 fully saturated rings. The first-order valence-corrected chi connectivity index (χ1v) is 8.56. The van der Waals surface area contributed by atoms with Crippen LogP contribution in [0.3, 0.4) is 0 Å². The first-order chi connectivity index (χ1) is 8.54. The number of hydrogen-bond donors (Lipinski definition) is 0. The van der Waals surface area contributed by atoms with Gasteiger partial charge in [-0.05, 0) is 12.6 Å². The molecular formula is C12H17BrN2O2S. The third-order valence-electron chi connectivity index (χ3n) is 3.21. The Labute approximate surface area is 117 Å². The molecule has 6 heteroatoms. The van der Waals surface area contributed by atoms with Crippen LogP contribution in [0.15, 0.2) is 30.3 Å². The maximum Gasteiger partial charge on any atom is 0.224 e. The SMILES string of the molecule is CN1CCN(S(=O)(=O)CBr)C(c2ccccc2)C1. The lowest BCUT2D eigenvalue weighted by atomic mass is 10.1. The van der Waals surface area contributed by atoms with Crippen molar-refractivity contribution in [3.05, 3.63) is 35.9 Å². The van der Waals surface area contributed by atoms with Gasteiger partial charge in [-0.1, -0.05) is 46.3 Å². The van der Waals surface area contributed by atoms with E-state index in [-0.39, 0.29) is 10.7 Å². The van der Waals surface area contributed by atoms with Crippen LogP contribution in [0, 0.1) is 0 Å². The Bertz CT molecular complexity index is 492. The first kappa shape index (κ1) is 14.0. The van der Waals surface area contributed by atoms with Crippen LogP contribution in [0.2, 0.25) is 0 Å². The summed E-state index contributed by atoms with van der Waals surface area (Å²) in [6.45, 7) is 2.05. The second kappa shape index (κ2) is 5.69. The normalized spacial score (nSPS) is 23.1. The van der Waals surface area contributed by atoms with E-state index in [0.717, 1.165) is 18.7 Å². The summed E-state index contributed by atoms with van der Waals surface area (Å²) in [6.07, 6.45) is 0. The quantitative estimate of drug-likeness (QED) is 0.790. The van der Waals surface area contributed by atoms with Crippen molar-refractivity contribution in [2.45, 2.75) is 6.04 Å². The molecule has 1 aromatic carbocycles. The lowest BCUT2D eigenvalue weighted by molar-refractivity contribution is 0.161. The number of halogens is 1. The molecule has 1 unspecified atom stereocenters. The summed E-state index contributed by atoms with van der Waals surface area (Å²) in [4.78, 5) is 2.16. The highest BCUT2D eigenvalue weighted by Crippen LogP contribution is 2.28. The third-order valence-corrected chi connectivity index (χ3v) is 6.38. The van der Waals surface area contributed by atoms with E-state index in [2.05, 4.69) is 20.8 Å². The molecule has 1 aliphatic heterocycles. The molecule has 100 valence electrons. The molecule has 0 bridgehead atoms. The minimum Gasteiger partial charge on any atom is -0.303 e. The average Bonchev–Trinajstić information content (AvgIpc) is 2.39. The standard InChI is InChI=1S/C12H17BrN2O2S/c1-14-7-8-15(18(16,17)10-13)12(9-14)11-5-3-2-4-6-11/h2-6,12H,7-10H2,1H3. The predicted molar refractivity (Wildman–Crippen MR) is 76.1 cm³/mol. The number of piperazine rings is 1. The molecule has 18 heavy (non-hydrogen) atoms. The van der Waals surface area contributed by atoms with Gasteiger partial charge in [-0.15, -0.1) is 0 Å². The van der Waals surface area contributed by atoms with Crippen molar-refractivity contribution in [1.82, 2.24) is 9.21 Å². The fourth-order valence-electron chi connectivity index (χ4n) is 2.25. The molecule has 0 aromatic heterocycles. The fourth-order valence-corrected chi connectivity index (χ4v) is 4.10. The van der Waals surface area contributed by atoms with Crippen molar-refractivity contribution in [2.24, 2.45) is 0 Å². The van der Waals surface area contributed by atoms with Crippen LogP contribution >= 0.6 is 15.9 Å². The summed E-state index contributed by atoms with van der Waals surface area (Å²) in [5, 5.41) is 0. The molecule has 0 N–H and O–H groups in total. The molecule has 1 heterocycles. The molecule has 0 saturated carbocycles. The summed E-state index contributed by atoms with van der Waals surface area (Å²) in [6, 6.07) is 9.72. The summed E-state index contributed by atoms with van der Waals surface area (Å²) in [7, 11) is -1.20. The van der Waals surface area contributed by atoms with Crippen LogP contribution in [0.1, 0.15) is 11.6 Å². The van der Waals surface area contributed by atoms with Gasteiger partial charge in [0.1, 0.15) is 4.66 Å². The van der Waals surface area contributed by atoms with E-state index < -0.39 is 10.0 Å². The first-order valence-electron chi connectivity index (χ1n) is 5.83. The van der Waals surface area contributed by atoms with Crippen LogP contribution in [0.25, 0.3) is 0 Å². The van der Waals surface area contributed by atoms with Crippen LogP contribution < -0.4 is 0 Å². The minimum atomic E-state index is -3.22. The lowest BCUT2D eigenvalue weighted by Gasteiger charge is -2.39. The van der Waals surface area contributed by atoms with Gasteiger partial charge in [0.15, 0.2) is 0 Å². The highest BCUT2D eigenvalue weighted by atomic mass is 79.9. The van der Waals surface area contributed by atoms with Gasteiger partial charge in [0, 0.05) is 19.6 Å². The van der Waals surface area contributed by atoms with Crippen molar-refractivity contribution >= 4 is 26.0 Å². The number of nitrogens with zero attached hydrogens (tertiary/aromatic N) is 2. The monoisotopic (exact) mass is 332 g/mol. The van der Waals surface area contributed by atoms with Gasteiger partial charge in [-0.25, -0.2) is 8.42 Å². The summed E-state index contributed by atoms with van der Waals surface area (Å²) < 4.78 is 25.8. The Kier molecular flexibility index (Phi) is 4.42. The van der Waals surface area contributed by atoms with Crippen LogP contribution in [0.5, 0.6) is 0 Å². The van der Waals surface area contributed by atoms with E-state index in [1.54, 1.807) is 4.31 Å². The number of rotatable bonds is 3. The van der Waals surface area contributed by atoms with Crippen molar-refractivity contribution in [1.29, 1.82) is 0 Å². The highest BCUT2D eigenvalue weighted by Gasteiger charge is 2.34. The minimum absolute atomic E-state index is 0.0208. The molecule has 4 nitrogen and oxygen atoms in total. The summed E-state index contributed by atoms with van der Waals surface area (Å²) in [5.74, 6) is 0. The molecule has 1 aliphatic rings. The average molecular weight is 333 g/mol. The Balaban J connectivity index is 2.33. The zero-order chi connectivity index (χ0) is 13.2. The molecule has 1 atom stereocenters. The smallest absolute Gasteiger partial charge is 0.224 e. The van der Waals surface area contributed by atoms with E-state index in [0.29, 0.717) is 6.54 Å². The van der Waals surface area contributed by atoms with E-state index in [1.807, 2.05) is 37.4 Å². The van der Waals surface area contributed by atoms with Crippen LogP contribution in [0.4, 0.5) is 0 Å². The maximum atomic E-state index is 12.1. The summed E-state index contributed by atoms with van der Waals surface area (Å²) >= 11 is 3.08. The second-order valence-corrected chi connectivity index (χ2v) is 7.75. The Hall–Kier alpha value is -0.430. The van der Waals surface area contributed by atoms with Gasteiger partial charge in [-0.3, -0.25) is 0 Å². The largest absolute Gasteiger partial charge is 0.303 e. The number of likely N-dealkylation sites (N-methyl/N-ethyl adjacent to an activating group) is 1. The van der Waals surface area contributed by atoms with Crippen LogP contribution in [-0.4, -0.2) is 49.0 Å². The Morgan fingerprint density at radius 1 is 1.28 bits per heavy atom. The summed E-state index contributed by atoms with van der Waals surface area (Å²) in [5.41, 5.74) is 1.05. The van der Waals surface area contributed by atoms with Crippen LogP contribution in [-0.2, 0) is 10.0 Å². The van der Waals surface area contributed by atoms with E-state index in [9.17, 15) is 8.42 Å². The Morgan fingerprint density at radius 3 is 2.56 bits per heavy atom. The van der Waals surface area contributed by atoms with E-state index in [1.165, 1.54) is 0 Å². The topological polar surface area (TPSA) is 40.6 Å².